The van der Waals surface area contributed by atoms with Crippen molar-refractivity contribution in [2.45, 2.75) is 39.0 Å². The fourth-order valence-corrected chi connectivity index (χ4v) is 3.54. The first-order valence-corrected chi connectivity index (χ1v) is 8.86. The first kappa shape index (κ1) is 17.0. The minimum atomic E-state index is -0.102. The minimum Gasteiger partial charge on any atom is -0.360 e. The smallest absolute Gasteiger partial charge is 0.239 e. The molecule has 0 aromatic carbocycles. The molecular weight excluding hydrogens is 308 g/mol. The Hall–Kier alpha value is -1.89. The van der Waals surface area contributed by atoms with Crippen molar-refractivity contribution in [1.82, 2.24) is 15.0 Å². The van der Waals surface area contributed by atoms with Gasteiger partial charge in [0.15, 0.2) is 5.82 Å². The van der Waals surface area contributed by atoms with Crippen molar-refractivity contribution in [3.63, 3.8) is 0 Å². The van der Waals surface area contributed by atoms with Crippen LogP contribution in [0.2, 0.25) is 0 Å². The Bertz CT molecular complexity index is 572. The third kappa shape index (κ3) is 4.35. The molecule has 0 spiro atoms. The fourth-order valence-electron chi connectivity index (χ4n) is 3.54. The molecule has 2 fully saturated rings. The van der Waals surface area contributed by atoms with Gasteiger partial charge in [0.1, 0.15) is 5.76 Å². The Morgan fingerprint density at radius 1 is 1.21 bits per heavy atom. The van der Waals surface area contributed by atoms with Gasteiger partial charge in [-0.25, -0.2) is 0 Å². The predicted octanol–water partition coefficient (Wildman–Crippen LogP) is 1.65. The van der Waals surface area contributed by atoms with Gasteiger partial charge in [0.2, 0.25) is 11.8 Å². The largest absolute Gasteiger partial charge is 0.360 e. The molecule has 0 bridgehead atoms. The van der Waals surface area contributed by atoms with Gasteiger partial charge in [0, 0.05) is 38.2 Å². The highest BCUT2D eigenvalue weighted by atomic mass is 16.5. The van der Waals surface area contributed by atoms with Crippen molar-refractivity contribution in [3.05, 3.63) is 11.8 Å². The van der Waals surface area contributed by atoms with E-state index >= 15 is 0 Å². The second kappa shape index (κ2) is 7.79. The lowest BCUT2D eigenvalue weighted by Gasteiger charge is -2.36. The molecule has 1 saturated heterocycles. The summed E-state index contributed by atoms with van der Waals surface area (Å²) >= 11 is 0. The molecule has 1 aromatic heterocycles. The van der Waals surface area contributed by atoms with Crippen LogP contribution in [0.15, 0.2) is 10.6 Å². The molecule has 2 aliphatic rings. The number of rotatable bonds is 4. The van der Waals surface area contributed by atoms with Crippen molar-refractivity contribution >= 4 is 17.6 Å². The second-order valence-electron chi connectivity index (χ2n) is 6.81. The molecule has 2 amide bonds. The number of carbonyl (C=O) groups is 2. The number of aromatic nitrogens is 1. The third-order valence-electron chi connectivity index (χ3n) is 4.90. The van der Waals surface area contributed by atoms with Gasteiger partial charge in [-0.1, -0.05) is 24.4 Å². The maximum atomic E-state index is 12.5. The Morgan fingerprint density at radius 2 is 1.92 bits per heavy atom. The van der Waals surface area contributed by atoms with Gasteiger partial charge in [-0.15, -0.1) is 0 Å². The van der Waals surface area contributed by atoms with Crippen LogP contribution in [0, 0.1) is 12.8 Å². The minimum absolute atomic E-state index is 0.102. The van der Waals surface area contributed by atoms with Gasteiger partial charge < -0.3 is 14.7 Å². The molecule has 7 nitrogen and oxygen atoms in total. The Balaban J connectivity index is 1.41. The summed E-state index contributed by atoms with van der Waals surface area (Å²) in [6.45, 7) is 5.01. The zero-order valence-corrected chi connectivity index (χ0v) is 14.3. The number of hydrogen-bond acceptors (Lipinski definition) is 5. The lowest BCUT2D eigenvalue weighted by molar-refractivity contribution is -0.138. The fraction of sp³-hybridized carbons (Fsp3) is 0.706. The molecule has 1 N–H and O–H groups in total. The van der Waals surface area contributed by atoms with Crippen LogP contribution in [0.5, 0.6) is 0 Å². The molecule has 1 saturated carbocycles. The van der Waals surface area contributed by atoms with E-state index in [0.717, 1.165) is 25.9 Å². The van der Waals surface area contributed by atoms with E-state index in [1.54, 1.807) is 13.0 Å². The van der Waals surface area contributed by atoms with Crippen molar-refractivity contribution in [1.29, 1.82) is 0 Å². The van der Waals surface area contributed by atoms with E-state index in [1.807, 2.05) is 4.90 Å². The molecular formula is C17H26N4O3. The molecule has 7 heteroatoms. The van der Waals surface area contributed by atoms with Gasteiger partial charge >= 0.3 is 0 Å². The maximum Gasteiger partial charge on any atom is 0.239 e. The maximum absolute atomic E-state index is 12.5. The molecule has 1 aliphatic heterocycles. The topological polar surface area (TPSA) is 78.7 Å². The highest BCUT2D eigenvalue weighted by Gasteiger charge is 2.28. The van der Waals surface area contributed by atoms with Gasteiger partial charge in [0.25, 0.3) is 0 Å². The molecule has 1 aromatic rings. The van der Waals surface area contributed by atoms with E-state index < -0.39 is 0 Å². The first-order chi connectivity index (χ1) is 11.6. The summed E-state index contributed by atoms with van der Waals surface area (Å²) in [6, 6.07) is 1.69. The van der Waals surface area contributed by atoms with Crippen LogP contribution in [-0.2, 0) is 9.59 Å². The van der Waals surface area contributed by atoms with Gasteiger partial charge in [0.05, 0.1) is 6.54 Å². The summed E-state index contributed by atoms with van der Waals surface area (Å²) in [6.07, 6.45) is 5.70. The van der Waals surface area contributed by atoms with Crippen molar-refractivity contribution < 1.29 is 14.1 Å². The molecule has 2 heterocycles. The van der Waals surface area contributed by atoms with Gasteiger partial charge in [-0.05, 0) is 19.8 Å². The summed E-state index contributed by atoms with van der Waals surface area (Å²) in [7, 11) is 0. The summed E-state index contributed by atoms with van der Waals surface area (Å²) in [5.41, 5.74) is 0. The summed E-state index contributed by atoms with van der Waals surface area (Å²) in [5, 5.41) is 6.49. The van der Waals surface area contributed by atoms with Crippen LogP contribution in [0.3, 0.4) is 0 Å². The molecule has 24 heavy (non-hydrogen) atoms. The van der Waals surface area contributed by atoms with Crippen LogP contribution < -0.4 is 5.32 Å². The van der Waals surface area contributed by atoms with Crippen LogP contribution in [0.25, 0.3) is 0 Å². The number of aryl methyl sites for hydroxylation is 1. The zero-order valence-electron chi connectivity index (χ0n) is 14.3. The normalized spacial score (nSPS) is 20.1. The number of carbonyl (C=O) groups excluding carboxylic acids is 2. The number of nitrogens with zero attached hydrogens (tertiary/aromatic N) is 3. The number of amides is 2. The van der Waals surface area contributed by atoms with E-state index in [1.165, 1.54) is 19.3 Å². The zero-order chi connectivity index (χ0) is 16.9. The standard InChI is InChI=1S/C17H26N4O3/c1-13-11-15(19-24-13)18-16(22)12-20-7-9-21(10-8-20)17(23)14-5-3-2-4-6-14/h11,14H,2-10,12H2,1H3,(H,18,19,22). The van der Waals surface area contributed by atoms with Crippen LogP contribution in [0.4, 0.5) is 5.82 Å². The average molecular weight is 334 g/mol. The predicted molar refractivity (Wildman–Crippen MR) is 89.5 cm³/mol. The van der Waals surface area contributed by atoms with Crippen molar-refractivity contribution in [3.8, 4) is 0 Å². The number of piperazine rings is 1. The molecule has 0 atom stereocenters. The van der Waals surface area contributed by atoms with E-state index in [2.05, 4.69) is 15.4 Å². The average Bonchev–Trinajstić information content (AvgIpc) is 3.00. The van der Waals surface area contributed by atoms with Gasteiger partial charge in [-0.2, -0.15) is 0 Å². The highest BCUT2D eigenvalue weighted by molar-refractivity contribution is 5.91. The van der Waals surface area contributed by atoms with Crippen molar-refractivity contribution in [2.75, 3.05) is 38.0 Å². The Morgan fingerprint density at radius 3 is 2.54 bits per heavy atom. The third-order valence-corrected chi connectivity index (χ3v) is 4.90. The second-order valence-corrected chi connectivity index (χ2v) is 6.81. The lowest BCUT2D eigenvalue weighted by Crippen LogP contribution is -2.52. The van der Waals surface area contributed by atoms with Crippen LogP contribution >= 0.6 is 0 Å². The lowest BCUT2D eigenvalue weighted by atomic mass is 9.88. The Kier molecular flexibility index (Phi) is 5.50. The Labute approximate surface area is 142 Å². The molecule has 1 aliphatic carbocycles. The van der Waals surface area contributed by atoms with E-state index in [0.29, 0.717) is 37.1 Å². The van der Waals surface area contributed by atoms with Crippen LogP contribution in [0.1, 0.15) is 37.9 Å². The SMILES string of the molecule is Cc1cc(NC(=O)CN2CCN(C(=O)C3CCCCC3)CC2)no1. The quantitative estimate of drug-likeness (QED) is 0.906. The molecule has 132 valence electrons. The highest BCUT2D eigenvalue weighted by Crippen LogP contribution is 2.25. The van der Waals surface area contributed by atoms with E-state index in [4.69, 9.17) is 4.52 Å². The first-order valence-electron chi connectivity index (χ1n) is 8.86. The molecule has 0 unspecified atom stereocenters. The van der Waals surface area contributed by atoms with E-state index in [9.17, 15) is 9.59 Å². The monoisotopic (exact) mass is 334 g/mol. The van der Waals surface area contributed by atoms with Crippen LogP contribution in [-0.4, -0.2) is 59.5 Å². The van der Waals surface area contributed by atoms with E-state index in [-0.39, 0.29) is 11.8 Å². The molecule has 0 radical (unpaired) electrons. The number of hydrogen-bond donors (Lipinski definition) is 1. The van der Waals surface area contributed by atoms with Gasteiger partial charge in [-0.3, -0.25) is 14.5 Å². The summed E-state index contributed by atoms with van der Waals surface area (Å²) in [4.78, 5) is 28.6. The number of nitrogens with one attached hydrogen (secondary N) is 1. The summed E-state index contributed by atoms with van der Waals surface area (Å²) in [5.74, 6) is 1.56. The molecule has 3 rings (SSSR count). The summed E-state index contributed by atoms with van der Waals surface area (Å²) < 4.78 is 4.93. The van der Waals surface area contributed by atoms with Crippen molar-refractivity contribution in [2.24, 2.45) is 5.92 Å². The number of anilines is 1.